The van der Waals surface area contributed by atoms with Crippen molar-refractivity contribution in [3.05, 3.63) is 119 Å². The quantitative estimate of drug-likeness (QED) is 0.296. The van der Waals surface area contributed by atoms with Crippen molar-refractivity contribution in [1.82, 2.24) is 0 Å². The molecule has 0 bridgehead atoms. The Balaban J connectivity index is 0.000000186. The van der Waals surface area contributed by atoms with Gasteiger partial charge in [0.1, 0.15) is 0 Å². The number of hydrogen-bond donors (Lipinski definition) is 0. The summed E-state index contributed by atoms with van der Waals surface area (Å²) in [5.41, 5.74) is 5.30. The van der Waals surface area contributed by atoms with Crippen molar-refractivity contribution in [1.29, 1.82) is 0 Å². The molecular formula is C27H24MgSi. The van der Waals surface area contributed by atoms with Crippen LogP contribution in [0.3, 0.4) is 0 Å². The summed E-state index contributed by atoms with van der Waals surface area (Å²) in [5, 5.41) is 5.68. The Hall–Kier alpha value is -2.14. The van der Waals surface area contributed by atoms with Crippen LogP contribution in [0.1, 0.15) is 23.6 Å². The summed E-state index contributed by atoms with van der Waals surface area (Å²) >= 11 is 0. The van der Waals surface area contributed by atoms with E-state index < -0.39 is 8.41 Å². The van der Waals surface area contributed by atoms with Gasteiger partial charge in [-0.3, -0.25) is 0 Å². The van der Waals surface area contributed by atoms with Crippen LogP contribution in [-0.2, 0) is 0 Å². The molecule has 5 rings (SSSR count). The molecule has 1 aliphatic rings. The van der Waals surface area contributed by atoms with Crippen LogP contribution >= 0.6 is 0 Å². The number of aryl methyl sites for hydroxylation is 1. The molecule has 138 valence electrons. The van der Waals surface area contributed by atoms with Gasteiger partial charge in [-0.1, -0.05) is 68.0 Å². The standard InChI is InChI=1S/C17H15Si.C10H9.Mg/c1-13-12-14-8-6-7-11-16(14)17(13)18(2)15-9-4-3-5-10-15;1-8-6-9-4-2-3-5-10(9)7-8;/h3-11H,1-2H3;2-7H,1H3;/q2*-1;+2. The molecule has 0 amide bonds. The van der Waals surface area contributed by atoms with Gasteiger partial charge in [0.05, 0.1) is 0 Å². The molecule has 0 atom stereocenters. The average Bonchev–Trinajstić information content (AvgIpc) is 3.26. The van der Waals surface area contributed by atoms with Crippen molar-refractivity contribution in [2.24, 2.45) is 0 Å². The van der Waals surface area contributed by atoms with Crippen molar-refractivity contribution >= 4 is 52.6 Å². The fraction of sp³-hybridized carbons (Fsp3) is 0.111. The number of benzene rings is 3. The Morgan fingerprint density at radius 1 is 0.793 bits per heavy atom. The molecule has 4 aromatic rings. The van der Waals surface area contributed by atoms with Gasteiger partial charge in [-0.05, 0) is 8.41 Å². The molecule has 0 spiro atoms. The predicted octanol–water partition coefficient (Wildman–Crippen LogP) is 5.42. The van der Waals surface area contributed by atoms with E-state index in [1.54, 1.807) is 0 Å². The molecule has 0 heterocycles. The number of rotatable bonds is 1. The largest absolute Gasteiger partial charge is 2.00 e. The maximum absolute atomic E-state index is 3.50. The minimum absolute atomic E-state index is 0. The molecule has 0 N–H and O–H groups in total. The molecule has 0 saturated carbocycles. The van der Waals surface area contributed by atoms with Gasteiger partial charge in [-0.15, -0.1) is 81.2 Å². The third-order valence-electron chi connectivity index (χ3n) is 5.24. The molecule has 1 aliphatic carbocycles. The monoisotopic (exact) mass is 400 g/mol. The van der Waals surface area contributed by atoms with Crippen LogP contribution in [0.5, 0.6) is 0 Å². The first kappa shape index (κ1) is 21.6. The SMILES string of the molecule is CC1=[C-]c2ccccc2C1=[Si](C)c1ccccc1.Cc1cc2ccccc2[cH-]1.[Mg+2]. The van der Waals surface area contributed by atoms with Gasteiger partial charge < -0.3 is 0 Å². The number of fused-ring (bicyclic) bond motifs is 2. The summed E-state index contributed by atoms with van der Waals surface area (Å²) in [4.78, 5) is 0. The second-order valence-electron chi connectivity index (χ2n) is 7.32. The summed E-state index contributed by atoms with van der Waals surface area (Å²) in [5.74, 6) is 0. The molecule has 2 heteroatoms. The number of allylic oxidation sites excluding steroid dienone is 1. The number of hydrogen-bond acceptors (Lipinski definition) is 0. The van der Waals surface area contributed by atoms with Gasteiger partial charge in [-0.25, -0.2) is 0 Å². The van der Waals surface area contributed by atoms with Crippen LogP contribution in [-0.4, -0.2) is 36.6 Å². The Morgan fingerprint density at radius 3 is 2.21 bits per heavy atom. The Morgan fingerprint density at radius 2 is 1.45 bits per heavy atom. The van der Waals surface area contributed by atoms with Crippen LogP contribution in [0, 0.1) is 13.0 Å². The summed E-state index contributed by atoms with van der Waals surface area (Å²) in [7, 11) is -0.688. The Bertz CT molecular complexity index is 1150. The minimum Gasteiger partial charge on any atom is -0.165 e. The van der Waals surface area contributed by atoms with E-state index in [2.05, 4.69) is 117 Å². The molecule has 29 heavy (non-hydrogen) atoms. The van der Waals surface area contributed by atoms with Gasteiger partial charge in [0, 0.05) is 0 Å². The second kappa shape index (κ2) is 9.57. The minimum atomic E-state index is -0.688. The third-order valence-corrected chi connectivity index (χ3v) is 7.83. The maximum Gasteiger partial charge on any atom is 2.00 e. The third kappa shape index (κ3) is 4.72. The van der Waals surface area contributed by atoms with E-state index in [9.17, 15) is 0 Å². The zero-order chi connectivity index (χ0) is 19.5. The van der Waals surface area contributed by atoms with E-state index in [4.69, 9.17) is 0 Å². The molecule has 0 unspecified atom stereocenters. The fourth-order valence-electron chi connectivity index (χ4n) is 3.90. The van der Waals surface area contributed by atoms with Crippen molar-refractivity contribution in [2.45, 2.75) is 20.4 Å². The van der Waals surface area contributed by atoms with Crippen LogP contribution in [0.4, 0.5) is 0 Å². The maximum atomic E-state index is 3.50. The smallest absolute Gasteiger partial charge is 0.165 e. The Kier molecular flexibility index (Phi) is 7.12. The van der Waals surface area contributed by atoms with E-state index in [0.717, 1.165) is 0 Å². The summed E-state index contributed by atoms with van der Waals surface area (Å²) in [6, 6.07) is 32.3. The summed E-state index contributed by atoms with van der Waals surface area (Å²) in [6.45, 7) is 6.69. The summed E-state index contributed by atoms with van der Waals surface area (Å²) < 4.78 is 0. The van der Waals surface area contributed by atoms with E-state index in [-0.39, 0.29) is 23.1 Å². The van der Waals surface area contributed by atoms with Crippen molar-refractivity contribution < 1.29 is 0 Å². The van der Waals surface area contributed by atoms with Crippen LogP contribution in [0.15, 0.2) is 96.6 Å². The van der Waals surface area contributed by atoms with E-state index >= 15 is 0 Å². The normalized spacial score (nSPS) is 13.7. The van der Waals surface area contributed by atoms with E-state index in [0.29, 0.717) is 0 Å². The zero-order valence-corrected chi connectivity index (χ0v) is 19.8. The molecule has 0 fully saturated rings. The van der Waals surface area contributed by atoms with Gasteiger partial charge in [0.2, 0.25) is 0 Å². The topological polar surface area (TPSA) is 0 Å². The molecule has 0 saturated heterocycles. The van der Waals surface area contributed by atoms with Crippen LogP contribution < -0.4 is 5.19 Å². The summed E-state index contributed by atoms with van der Waals surface area (Å²) in [6.07, 6.45) is 3.50. The van der Waals surface area contributed by atoms with Gasteiger partial charge in [0.25, 0.3) is 0 Å². The zero-order valence-electron chi connectivity index (χ0n) is 17.4. The van der Waals surface area contributed by atoms with Crippen molar-refractivity contribution in [3.63, 3.8) is 0 Å². The molecule has 4 aromatic carbocycles. The van der Waals surface area contributed by atoms with Gasteiger partial charge in [-0.2, -0.15) is 11.6 Å². The second-order valence-corrected chi connectivity index (χ2v) is 9.65. The molecule has 0 nitrogen and oxygen atoms in total. The van der Waals surface area contributed by atoms with E-state index in [1.807, 2.05) is 0 Å². The molecule has 0 aromatic heterocycles. The predicted molar refractivity (Wildman–Crippen MR) is 130 cm³/mol. The first-order chi connectivity index (χ1) is 13.6. The molecule has 0 radical (unpaired) electrons. The molecule has 0 aliphatic heterocycles. The fourth-order valence-corrected chi connectivity index (χ4v) is 6.13. The van der Waals surface area contributed by atoms with E-state index in [1.165, 1.54) is 43.4 Å². The van der Waals surface area contributed by atoms with Gasteiger partial charge in [0.15, 0.2) is 0 Å². The average molecular weight is 401 g/mol. The Labute approximate surface area is 191 Å². The van der Waals surface area contributed by atoms with Crippen molar-refractivity contribution in [2.75, 3.05) is 0 Å². The van der Waals surface area contributed by atoms with Crippen LogP contribution in [0.25, 0.3) is 10.8 Å². The van der Waals surface area contributed by atoms with Crippen LogP contribution in [0.2, 0.25) is 6.55 Å². The first-order valence-electron chi connectivity index (χ1n) is 9.72. The molecular weight excluding hydrogens is 377 g/mol. The first-order valence-corrected chi connectivity index (χ1v) is 11.7. The van der Waals surface area contributed by atoms with Gasteiger partial charge >= 0.3 is 23.1 Å². The van der Waals surface area contributed by atoms with Crippen molar-refractivity contribution in [3.8, 4) is 0 Å².